The Hall–Kier alpha value is -2.36. The average molecular weight is 302 g/mol. The van der Waals surface area contributed by atoms with Crippen molar-refractivity contribution < 1.29 is 9.66 Å². The van der Waals surface area contributed by atoms with Gasteiger partial charge in [0.2, 0.25) is 0 Å². The number of nitro benzene ring substituents is 1. The van der Waals surface area contributed by atoms with Crippen LogP contribution >= 0.6 is 11.3 Å². The Bertz CT molecular complexity index is 713. The lowest BCUT2D eigenvalue weighted by molar-refractivity contribution is -0.385. The van der Waals surface area contributed by atoms with E-state index in [1.807, 2.05) is 11.4 Å². The molecule has 2 aromatic rings. The highest BCUT2D eigenvalue weighted by Crippen LogP contribution is 2.28. The van der Waals surface area contributed by atoms with Gasteiger partial charge in [-0.1, -0.05) is 17.9 Å². The number of hydrogen-bond donors (Lipinski definition) is 1. The molecule has 0 fully saturated rings. The molecule has 0 amide bonds. The van der Waals surface area contributed by atoms with Gasteiger partial charge in [0.05, 0.1) is 17.0 Å². The van der Waals surface area contributed by atoms with E-state index >= 15 is 0 Å². The second-order valence-corrected chi connectivity index (χ2v) is 5.25. The molecule has 0 saturated heterocycles. The Balaban J connectivity index is 2.08. The van der Waals surface area contributed by atoms with Crippen LogP contribution < -0.4 is 10.5 Å². The van der Waals surface area contributed by atoms with E-state index in [4.69, 9.17) is 10.5 Å². The van der Waals surface area contributed by atoms with E-state index in [9.17, 15) is 10.1 Å². The summed E-state index contributed by atoms with van der Waals surface area (Å²) in [4.78, 5) is 11.5. The summed E-state index contributed by atoms with van der Waals surface area (Å²) in [5, 5.41) is 12.8. The van der Waals surface area contributed by atoms with E-state index in [-0.39, 0.29) is 5.69 Å². The molecule has 1 heterocycles. The quantitative estimate of drug-likeness (QED) is 0.535. The molecule has 0 bridgehead atoms. The summed E-state index contributed by atoms with van der Waals surface area (Å²) in [5.74, 6) is 6.26. The molecule has 2 rings (SSSR count). The van der Waals surface area contributed by atoms with E-state index in [1.54, 1.807) is 19.1 Å². The summed E-state index contributed by atoms with van der Waals surface area (Å²) >= 11 is 1.53. The lowest BCUT2D eigenvalue weighted by Gasteiger charge is -2.07. The molecule has 5 nitrogen and oxygen atoms in total. The molecule has 21 heavy (non-hydrogen) atoms. The standard InChI is InChI=1S/C15H14N2O3S/c1-11-14(17(18)19)5-2-6-15(11)20-9-13-8-12(10-21-13)4-3-7-16/h2,5-6,8,10H,7,9,16H2,1H3. The minimum absolute atomic E-state index is 0.0631. The third-order valence-corrected chi connectivity index (χ3v) is 3.72. The van der Waals surface area contributed by atoms with Crippen LogP contribution in [0.15, 0.2) is 29.6 Å². The van der Waals surface area contributed by atoms with Crippen molar-refractivity contribution in [2.45, 2.75) is 13.5 Å². The van der Waals surface area contributed by atoms with Crippen LogP contribution in [0.1, 0.15) is 16.0 Å². The van der Waals surface area contributed by atoms with Crippen molar-refractivity contribution in [2.24, 2.45) is 5.73 Å². The van der Waals surface area contributed by atoms with Gasteiger partial charge in [0.15, 0.2) is 0 Å². The molecule has 1 aromatic carbocycles. The second-order valence-electron chi connectivity index (χ2n) is 4.25. The van der Waals surface area contributed by atoms with Crippen LogP contribution in [0.5, 0.6) is 5.75 Å². The third-order valence-electron chi connectivity index (χ3n) is 2.81. The zero-order valence-corrected chi connectivity index (χ0v) is 12.3. The zero-order chi connectivity index (χ0) is 15.2. The minimum Gasteiger partial charge on any atom is -0.488 e. The molecule has 0 radical (unpaired) electrons. The van der Waals surface area contributed by atoms with Gasteiger partial charge in [-0.2, -0.15) is 0 Å². The number of thiophene rings is 1. The highest BCUT2D eigenvalue weighted by atomic mass is 32.1. The fourth-order valence-electron chi connectivity index (χ4n) is 1.78. The van der Waals surface area contributed by atoms with Gasteiger partial charge in [-0.15, -0.1) is 11.3 Å². The topological polar surface area (TPSA) is 78.4 Å². The molecule has 0 unspecified atom stereocenters. The van der Waals surface area contributed by atoms with Gasteiger partial charge in [0.25, 0.3) is 5.69 Å². The van der Waals surface area contributed by atoms with Crippen molar-refractivity contribution in [1.82, 2.24) is 0 Å². The van der Waals surface area contributed by atoms with Crippen molar-refractivity contribution >= 4 is 17.0 Å². The Morgan fingerprint density at radius 2 is 2.29 bits per heavy atom. The first-order valence-corrected chi connectivity index (χ1v) is 7.13. The number of rotatable bonds is 4. The molecule has 6 heteroatoms. The van der Waals surface area contributed by atoms with Crippen molar-refractivity contribution in [3.05, 3.63) is 55.8 Å². The van der Waals surface area contributed by atoms with Gasteiger partial charge < -0.3 is 10.5 Å². The maximum absolute atomic E-state index is 10.9. The molecule has 0 saturated carbocycles. The average Bonchev–Trinajstić information content (AvgIpc) is 2.91. The SMILES string of the molecule is Cc1c(OCc2cc(C#CCN)cs2)cccc1[N+](=O)[O-]. The molecule has 0 aliphatic heterocycles. The van der Waals surface area contributed by atoms with E-state index in [0.717, 1.165) is 10.4 Å². The summed E-state index contributed by atoms with van der Waals surface area (Å²) in [6, 6.07) is 6.74. The van der Waals surface area contributed by atoms with Gasteiger partial charge in [-0.05, 0) is 19.1 Å². The molecule has 0 spiro atoms. The van der Waals surface area contributed by atoms with Gasteiger partial charge in [0, 0.05) is 21.9 Å². The Morgan fingerprint density at radius 3 is 3.00 bits per heavy atom. The van der Waals surface area contributed by atoms with Crippen molar-refractivity contribution in [1.29, 1.82) is 0 Å². The molecule has 1 aromatic heterocycles. The molecular weight excluding hydrogens is 288 g/mol. The van der Waals surface area contributed by atoms with Crippen LogP contribution in [0.3, 0.4) is 0 Å². The van der Waals surface area contributed by atoms with Crippen molar-refractivity contribution in [3.8, 4) is 17.6 Å². The predicted molar refractivity (Wildman–Crippen MR) is 82.4 cm³/mol. The number of ether oxygens (including phenoxy) is 1. The number of hydrogen-bond acceptors (Lipinski definition) is 5. The first-order chi connectivity index (χ1) is 10.1. The molecule has 2 N–H and O–H groups in total. The van der Waals surface area contributed by atoms with Gasteiger partial charge >= 0.3 is 0 Å². The normalized spacial score (nSPS) is 9.81. The third kappa shape index (κ3) is 3.81. The summed E-state index contributed by atoms with van der Waals surface area (Å²) < 4.78 is 5.66. The lowest BCUT2D eigenvalue weighted by atomic mass is 10.2. The lowest BCUT2D eigenvalue weighted by Crippen LogP contribution is -1.98. The zero-order valence-electron chi connectivity index (χ0n) is 11.5. The summed E-state index contributed by atoms with van der Waals surface area (Å²) in [5.41, 5.74) is 6.82. The van der Waals surface area contributed by atoms with Crippen LogP contribution in [0, 0.1) is 28.9 Å². The van der Waals surface area contributed by atoms with Crippen molar-refractivity contribution in [2.75, 3.05) is 6.54 Å². The summed E-state index contributed by atoms with van der Waals surface area (Å²) in [6.45, 7) is 2.37. The second kappa shape index (κ2) is 6.88. The summed E-state index contributed by atoms with van der Waals surface area (Å²) in [6.07, 6.45) is 0. The Kier molecular flexibility index (Phi) is 4.93. The Labute approximate surface area is 126 Å². The Morgan fingerprint density at radius 1 is 1.48 bits per heavy atom. The number of nitro groups is 1. The fraction of sp³-hybridized carbons (Fsp3) is 0.200. The van der Waals surface area contributed by atoms with Crippen LogP contribution in [0.2, 0.25) is 0 Å². The monoisotopic (exact) mass is 302 g/mol. The first kappa shape index (κ1) is 15.0. The highest BCUT2D eigenvalue weighted by molar-refractivity contribution is 7.10. The van der Waals surface area contributed by atoms with E-state index in [2.05, 4.69) is 11.8 Å². The van der Waals surface area contributed by atoms with E-state index in [0.29, 0.717) is 24.5 Å². The largest absolute Gasteiger partial charge is 0.488 e. The van der Waals surface area contributed by atoms with Crippen LogP contribution in [-0.2, 0) is 6.61 Å². The van der Waals surface area contributed by atoms with Crippen LogP contribution in [-0.4, -0.2) is 11.5 Å². The van der Waals surface area contributed by atoms with E-state index in [1.165, 1.54) is 17.4 Å². The highest BCUT2D eigenvalue weighted by Gasteiger charge is 2.14. The van der Waals surface area contributed by atoms with E-state index < -0.39 is 4.92 Å². The van der Waals surface area contributed by atoms with Gasteiger partial charge in [-0.25, -0.2) is 0 Å². The molecule has 0 aliphatic carbocycles. The smallest absolute Gasteiger partial charge is 0.276 e. The predicted octanol–water partition coefficient (Wildman–Crippen LogP) is 2.85. The number of benzene rings is 1. The molecule has 0 aliphatic rings. The maximum atomic E-state index is 10.9. The fourth-order valence-corrected chi connectivity index (χ4v) is 2.51. The first-order valence-electron chi connectivity index (χ1n) is 6.25. The molecular formula is C15H14N2O3S. The maximum Gasteiger partial charge on any atom is 0.276 e. The van der Waals surface area contributed by atoms with Gasteiger partial charge in [0.1, 0.15) is 12.4 Å². The van der Waals surface area contributed by atoms with Crippen LogP contribution in [0.4, 0.5) is 5.69 Å². The van der Waals surface area contributed by atoms with Gasteiger partial charge in [-0.3, -0.25) is 10.1 Å². The minimum atomic E-state index is -0.409. The molecule has 0 atom stereocenters. The number of nitrogens with zero attached hydrogens (tertiary/aromatic N) is 1. The summed E-state index contributed by atoms with van der Waals surface area (Å²) in [7, 11) is 0. The van der Waals surface area contributed by atoms with Crippen molar-refractivity contribution in [3.63, 3.8) is 0 Å². The molecule has 108 valence electrons. The van der Waals surface area contributed by atoms with Crippen LogP contribution in [0.25, 0.3) is 0 Å². The number of nitrogens with two attached hydrogens (primary N) is 1.